The quantitative estimate of drug-likeness (QED) is 0.435. The van der Waals surface area contributed by atoms with E-state index in [1.807, 2.05) is 26.0 Å². The molecular weight excluding hydrogens is 437 g/mol. The highest BCUT2D eigenvalue weighted by molar-refractivity contribution is 6.23. The van der Waals surface area contributed by atoms with Crippen molar-refractivity contribution in [3.8, 4) is 16.9 Å². The number of halogens is 1. The number of rotatable bonds is 8. The summed E-state index contributed by atoms with van der Waals surface area (Å²) in [5, 5.41) is 12.4. The number of hydrogen-bond acceptors (Lipinski definition) is 5. The first-order chi connectivity index (χ1) is 16.3. The molecule has 0 spiro atoms. The lowest BCUT2D eigenvalue weighted by Gasteiger charge is -2.22. The number of hydrogen-bond donors (Lipinski definition) is 2. The SMILES string of the molecule is COCCCOc1cc2c(cc1-c1ccccc1F)/C(C(C)C)=C/C(=O)/C(C(=O)O)=C\NCC2. The second kappa shape index (κ2) is 11.6. The summed E-state index contributed by atoms with van der Waals surface area (Å²) in [6, 6.07) is 10.2. The van der Waals surface area contributed by atoms with Crippen LogP contribution in [-0.2, 0) is 20.7 Å². The van der Waals surface area contributed by atoms with Gasteiger partial charge in [-0.3, -0.25) is 4.79 Å². The van der Waals surface area contributed by atoms with E-state index in [-0.39, 0.29) is 17.3 Å². The topological polar surface area (TPSA) is 84.9 Å². The van der Waals surface area contributed by atoms with E-state index < -0.39 is 11.8 Å². The first-order valence-corrected chi connectivity index (χ1v) is 11.3. The van der Waals surface area contributed by atoms with Gasteiger partial charge in [0.05, 0.1) is 6.61 Å². The molecule has 7 heteroatoms. The van der Waals surface area contributed by atoms with Crippen LogP contribution in [0.15, 0.2) is 54.2 Å². The number of carbonyl (C=O) groups is 2. The van der Waals surface area contributed by atoms with E-state index in [2.05, 4.69) is 5.32 Å². The fourth-order valence-corrected chi connectivity index (χ4v) is 3.89. The zero-order valence-electron chi connectivity index (χ0n) is 19.7. The van der Waals surface area contributed by atoms with E-state index in [4.69, 9.17) is 9.47 Å². The predicted molar refractivity (Wildman–Crippen MR) is 129 cm³/mol. The normalized spacial score (nSPS) is 17.1. The van der Waals surface area contributed by atoms with Crippen LogP contribution in [0, 0.1) is 11.7 Å². The van der Waals surface area contributed by atoms with E-state index in [1.54, 1.807) is 25.3 Å². The van der Waals surface area contributed by atoms with Crippen molar-refractivity contribution in [1.29, 1.82) is 0 Å². The Bertz CT molecular complexity index is 1120. The van der Waals surface area contributed by atoms with E-state index >= 15 is 0 Å². The first-order valence-electron chi connectivity index (χ1n) is 11.3. The number of benzene rings is 2. The van der Waals surface area contributed by atoms with Gasteiger partial charge in [-0.25, -0.2) is 9.18 Å². The molecule has 0 saturated carbocycles. The van der Waals surface area contributed by atoms with Crippen LogP contribution in [0.2, 0.25) is 0 Å². The summed E-state index contributed by atoms with van der Waals surface area (Å²) in [5.74, 6) is -1.79. The van der Waals surface area contributed by atoms with Crippen LogP contribution in [-0.4, -0.2) is 43.7 Å². The molecule has 0 saturated heterocycles. The average molecular weight is 468 g/mol. The van der Waals surface area contributed by atoms with Gasteiger partial charge in [0.15, 0.2) is 5.78 Å². The van der Waals surface area contributed by atoms with Crippen LogP contribution < -0.4 is 10.1 Å². The number of fused-ring (bicyclic) bond motifs is 1. The van der Waals surface area contributed by atoms with Crippen LogP contribution in [0.25, 0.3) is 16.7 Å². The molecule has 2 aromatic carbocycles. The van der Waals surface area contributed by atoms with Crippen LogP contribution in [0.3, 0.4) is 0 Å². The summed E-state index contributed by atoms with van der Waals surface area (Å²) in [4.78, 5) is 24.4. The van der Waals surface area contributed by atoms with Crippen molar-refractivity contribution in [2.24, 2.45) is 5.92 Å². The first kappa shape index (κ1) is 25.2. The van der Waals surface area contributed by atoms with Gasteiger partial charge in [-0.1, -0.05) is 32.0 Å². The number of carboxylic acids is 1. The Hall–Kier alpha value is -3.45. The predicted octanol–water partition coefficient (Wildman–Crippen LogP) is 4.63. The maximum atomic E-state index is 14.8. The zero-order chi connectivity index (χ0) is 24.7. The molecule has 0 aromatic heterocycles. The van der Waals surface area contributed by atoms with Crippen molar-refractivity contribution in [1.82, 2.24) is 5.32 Å². The number of carbonyl (C=O) groups excluding carboxylic acids is 1. The van der Waals surface area contributed by atoms with E-state index in [0.717, 1.165) is 11.1 Å². The second-order valence-corrected chi connectivity index (χ2v) is 8.37. The molecule has 1 heterocycles. The molecule has 0 unspecified atom stereocenters. The fraction of sp³-hybridized carbons (Fsp3) is 0.333. The van der Waals surface area contributed by atoms with Crippen LogP contribution in [0.1, 0.15) is 31.4 Å². The van der Waals surface area contributed by atoms with Gasteiger partial charge in [0.1, 0.15) is 17.1 Å². The third kappa shape index (κ3) is 5.91. The molecule has 0 atom stereocenters. The molecule has 0 bridgehead atoms. The van der Waals surface area contributed by atoms with Gasteiger partial charge in [0, 0.05) is 44.0 Å². The average Bonchev–Trinajstić information content (AvgIpc) is 2.80. The molecule has 3 rings (SSSR count). The van der Waals surface area contributed by atoms with Crippen molar-refractivity contribution in [3.63, 3.8) is 0 Å². The van der Waals surface area contributed by atoms with Gasteiger partial charge in [-0.15, -0.1) is 0 Å². The molecule has 2 N–H and O–H groups in total. The number of allylic oxidation sites excluding steroid dienone is 2. The molecule has 1 aliphatic heterocycles. The van der Waals surface area contributed by atoms with Crippen molar-refractivity contribution in [3.05, 3.63) is 71.2 Å². The number of aliphatic carboxylic acids is 1. The summed E-state index contributed by atoms with van der Waals surface area (Å²) >= 11 is 0. The molecule has 0 radical (unpaired) electrons. The fourth-order valence-electron chi connectivity index (χ4n) is 3.89. The molecular formula is C27H30FNO5. The Morgan fingerprint density at radius 3 is 2.59 bits per heavy atom. The third-order valence-corrected chi connectivity index (χ3v) is 5.62. The lowest BCUT2D eigenvalue weighted by Crippen LogP contribution is -2.20. The maximum Gasteiger partial charge on any atom is 0.341 e. The second-order valence-electron chi connectivity index (χ2n) is 8.37. The molecule has 0 aliphatic carbocycles. The Morgan fingerprint density at radius 2 is 1.91 bits per heavy atom. The van der Waals surface area contributed by atoms with Crippen molar-refractivity contribution in [2.75, 3.05) is 26.9 Å². The van der Waals surface area contributed by atoms with E-state index in [9.17, 15) is 19.1 Å². The summed E-state index contributed by atoms with van der Waals surface area (Å²) < 4.78 is 26.0. The van der Waals surface area contributed by atoms with Crippen LogP contribution in [0.5, 0.6) is 5.75 Å². The Labute approximate surface area is 199 Å². The molecule has 180 valence electrons. The summed E-state index contributed by atoms with van der Waals surface area (Å²) in [7, 11) is 1.62. The minimum atomic E-state index is -1.29. The summed E-state index contributed by atoms with van der Waals surface area (Å²) in [6.45, 7) is 5.25. The number of nitrogens with one attached hydrogen (secondary N) is 1. The molecule has 0 fully saturated rings. The van der Waals surface area contributed by atoms with Gasteiger partial charge >= 0.3 is 5.97 Å². The van der Waals surface area contributed by atoms with E-state index in [0.29, 0.717) is 55.0 Å². The smallest absolute Gasteiger partial charge is 0.341 e. The highest BCUT2D eigenvalue weighted by atomic mass is 19.1. The zero-order valence-corrected chi connectivity index (χ0v) is 19.7. The Balaban J connectivity index is 2.20. The number of methoxy groups -OCH3 is 1. The number of ether oxygens (including phenoxy) is 2. The lowest BCUT2D eigenvalue weighted by atomic mass is 9.86. The monoisotopic (exact) mass is 467 g/mol. The van der Waals surface area contributed by atoms with Crippen LogP contribution in [0.4, 0.5) is 4.39 Å². The molecule has 34 heavy (non-hydrogen) atoms. The van der Waals surface area contributed by atoms with Gasteiger partial charge in [-0.05, 0) is 53.3 Å². The molecule has 1 aliphatic rings. The maximum absolute atomic E-state index is 14.8. The highest BCUT2D eigenvalue weighted by Crippen LogP contribution is 2.39. The number of ketones is 1. The lowest BCUT2D eigenvalue weighted by molar-refractivity contribution is -0.134. The van der Waals surface area contributed by atoms with Gasteiger partial charge in [0.25, 0.3) is 0 Å². The van der Waals surface area contributed by atoms with Crippen molar-refractivity contribution >= 4 is 17.3 Å². The minimum absolute atomic E-state index is 0.0768. The Morgan fingerprint density at radius 1 is 1.15 bits per heavy atom. The minimum Gasteiger partial charge on any atom is -0.493 e. The van der Waals surface area contributed by atoms with Gasteiger partial charge in [-0.2, -0.15) is 0 Å². The van der Waals surface area contributed by atoms with Crippen molar-refractivity contribution in [2.45, 2.75) is 26.7 Å². The van der Waals surface area contributed by atoms with E-state index in [1.165, 1.54) is 18.3 Å². The van der Waals surface area contributed by atoms with Gasteiger partial charge < -0.3 is 19.9 Å². The van der Waals surface area contributed by atoms with Crippen molar-refractivity contribution < 1.29 is 28.6 Å². The standard InChI is InChI=1S/C27H30FNO5/c1-17(2)20-15-25(30)23(27(31)32)16-29-10-9-18-13-26(34-12-6-11-33-3)22(14-21(18)20)19-7-4-5-8-24(19)28/h4-5,7-8,13-17,29H,6,9-12H2,1-3H3,(H,31,32)/b20-15+,23-16+. The summed E-state index contributed by atoms with van der Waals surface area (Å²) in [5.41, 5.74) is 3.04. The molecule has 2 aromatic rings. The molecule has 6 nitrogen and oxygen atoms in total. The third-order valence-electron chi connectivity index (χ3n) is 5.62. The summed E-state index contributed by atoms with van der Waals surface area (Å²) in [6.07, 6.45) is 3.86. The highest BCUT2D eigenvalue weighted by Gasteiger charge is 2.23. The van der Waals surface area contributed by atoms with Crippen LogP contribution >= 0.6 is 0 Å². The Kier molecular flexibility index (Phi) is 8.60. The van der Waals surface area contributed by atoms with Gasteiger partial charge in [0.2, 0.25) is 0 Å². The number of carboxylic acid groups (broad SMARTS) is 1. The largest absolute Gasteiger partial charge is 0.493 e. The molecule has 0 amide bonds.